The summed E-state index contributed by atoms with van der Waals surface area (Å²) < 4.78 is 17.5. The Labute approximate surface area is 167 Å². The van der Waals surface area contributed by atoms with E-state index in [0.717, 1.165) is 25.7 Å². The third-order valence-electron chi connectivity index (χ3n) is 8.18. The molecule has 0 spiro atoms. The molecule has 7 atom stereocenters. The van der Waals surface area contributed by atoms with Crippen LogP contribution >= 0.6 is 0 Å². The summed E-state index contributed by atoms with van der Waals surface area (Å²) in [6.45, 7) is 8.10. The van der Waals surface area contributed by atoms with Gasteiger partial charge in [-0.3, -0.25) is 4.79 Å². The first-order chi connectivity index (χ1) is 13.4. The van der Waals surface area contributed by atoms with Crippen molar-refractivity contribution >= 4 is 5.91 Å². The van der Waals surface area contributed by atoms with Gasteiger partial charge >= 0.3 is 0 Å². The third-order valence-corrected chi connectivity index (χ3v) is 8.18. The first-order valence-electron chi connectivity index (χ1n) is 10.9. The quantitative estimate of drug-likeness (QED) is 0.743. The molecule has 0 bridgehead atoms. The number of nitrogens with two attached hydrogens (primary N) is 1. The number of carbonyl (C=O) groups is 1. The molecule has 1 amide bonds. The summed E-state index contributed by atoms with van der Waals surface area (Å²) in [5, 5.41) is 10.9. The molecule has 7 heteroatoms. The monoisotopic (exact) mass is 396 g/mol. The lowest BCUT2D eigenvalue weighted by Gasteiger charge is -2.63. The van der Waals surface area contributed by atoms with Crippen molar-refractivity contribution in [1.29, 1.82) is 0 Å². The standard InChI is InChI=1S/C21H36N2O5/c1-20-6-5-17-21(2,13-27-19(12-22)28-17)16(20)4-3-15(24)14(20)11-18(25)23-7-9-26-10-8-23/h14-17,19,24H,3-13,22H2,1-2H3. The molecule has 4 fully saturated rings. The van der Waals surface area contributed by atoms with Crippen LogP contribution in [0.3, 0.4) is 0 Å². The summed E-state index contributed by atoms with van der Waals surface area (Å²) in [7, 11) is 0. The van der Waals surface area contributed by atoms with E-state index in [1.807, 2.05) is 4.90 Å². The van der Waals surface area contributed by atoms with Crippen LogP contribution in [0, 0.1) is 22.7 Å². The van der Waals surface area contributed by atoms with Crippen molar-refractivity contribution in [3.63, 3.8) is 0 Å². The number of amides is 1. The van der Waals surface area contributed by atoms with Gasteiger partial charge in [-0.05, 0) is 42.9 Å². The van der Waals surface area contributed by atoms with E-state index in [1.54, 1.807) is 0 Å². The molecule has 2 heterocycles. The number of fused-ring (bicyclic) bond motifs is 3. The molecule has 160 valence electrons. The Balaban J connectivity index is 1.53. The zero-order chi connectivity index (χ0) is 19.9. The molecule has 7 unspecified atom stereocenters. The summed E-state index contributed by atoms with van der Waals surface area (Å²) >= 11 is 0. The van der Waals surface area contributed by atoms with Crippen molar-refractivity contribution in [2.45, 2.75) is 64.4 Å². The van der Waals surface area contributed by atoms with Crippen LogP contribution in [0.2, 0.25) is 0 Å². The molecule has 2 saturated carbocycles. The van der Waals surface area contributed by atoms with Gasteiger partial charge in [-0.1, -0.05) is 13.8 Å². The number of hydrogen-bond donors (Lipinski definition) is 2. The highest BCUT2D eigenvalue weighted by Gasteiger charge is 2.61. The van der Waals surface area contributed by atoms with Gasteiger partial charge < -0.3 is 30.0 Å². The van der Waals surface area contributed by atoms with E-state index in [2.05, 4.69) is 13.8 Å². The number of hydrogen-bond acceptors (Lipinski definition) is 6. The van der Waals surface area contributed by atoms with Crippen LogP contribution in [0.4, 0.5) is 0 Å². The van der Waals surface area contributed by atoms with E-state index >= 15 is 0 Å². The minimum Gasteiger partial charge on any atom is -0.393 e. The van der Waals surface area contributed by atoms with Crippen LogP contribution in [-0.4, -0.2) is 73.9 Å². The van der Waals surface area contributed by atoms with Gasteiger partial charge in [-0.25, -0.2) is 0 Å². The van der Waals surface area contributed by atoms with Crippen molar-refractivity contribution in [1.82, 2.24) is 4.90 Å². The van der Waals surface area contributed by atoms with E-state index in [1.165, 1.54) is 0 Å². The van der Waals surface area contributed by atoms with Gasteiger partial charge in [0.2, 0.25) is 5.91 Å². The minimum atomic E-state index is -0.423. The first kappa shape index (κ1) is 20.5. The second kappa shape index (κ2) is 7.84. The van der Waals surface area contributed by atoms with Gasteiger partial charge in [-0.2, -0.15) is 0 Å². The summed E-state index contributed by atoms with van der Waals surface area (Å²) in [6, 6.07) is 0. The molecular weight excluding hydrogens is 360 g/mol. The highest BCUT2D eigenvalue weighted by atomic mass is 16.7. The maximum Gasteiger partial charge on any atom is 0.223 e. The zero-order valence-corrected chi connectivity index (χ0v) is 17.3. The van der Waals surface area contributed by atoms with Gasteiger partial charge in [0.25, 0.3) is 0 Å². The van der Waals surface area contributed by atoms with E-state index < -0.39 is 6.10 Å². The Hall–Kier alpha value is -0.730. The summed E-state index contributed by atoms with van der Waals surface area (Å²) in [6.07, 6.45) is 3.41. The Kier molecular flexibility index (Phi) is 5.75. The average molecular weight is 397 g/mol. The molecule has 3 N–H and O–H groups in total. The summed E-state index contributed by atoms with van der Waals surface area (Å²) in [5.41, 5.74) is 5.57. The van der Waals surface area contributed by atoms with Gasteiger partial charge in [0.15, 0.2) is 6.29 Å². The molecule has 0 aromatic carbocycles. The smallest absolute Gasteiger partial charge is 0.223 e. The Morgan fingerprint density at radius 3 is 2.64 bits per heavy atom. The van der Waals surface area contributed by atoms with Crippen molar-refractivity contribution in [2.24, 2.45) is 28.4 Å². The van der Waals surface area contributed by atoms with Gasteiger partial charge in [0.1, 0.15) is 0 Å². The maximum absolute atomic E-state index is 13.0. The Morgan fingerprint density at radius 2 is 1.93 bits per heavy atom. The molecule has 0 aromatic heterocycles. The number of morpholine rings is 1. The molecule has 7 nitrogen and oxygen atoms in total. The van der Waals surface area contributed by atoms with Crippen molar-refractivity contribution in [3.8, 4) is 0 Å². The van der Waals surface area contributed by atoms with Crippen LogP contribution in [0.15, 0.2) is 0 Å². The first-order valence-corrected chi connectivity index (χ1v) is 10.9. The predicted octanol–water partition coefficient (Wildman–Crippen LogP) is 1.13. The van der Waals surface area contributed by atoms with Crippen LogP contribution in [0.25, 0.3) is 0 Å². The predicted molar refractivity (Wildman–Crippen MR) is 103 cm³/mol. The normalized spacial score (nSPS) is 46.6. The Morgan fingerprint density at radius 1 is 1.18 bits per heavy atom. The average Bonchev–Trinajstić information content (AvgIpc) is 2.70. The van der Waals surface area contributed by atoms with Crippen LogP contribution in [0.5, 0.6) is 0 Å². The molecule has 0 aromatic rings. The van der Waals surface area contributed by atoms with E-state index in [0.29, 0.717) is 51.8 Å². The topological polar surface area (TPSA) is 94.3 Å². The molecule has 28 heavy (non-hydrogen) atoms. The van der Waals surface area contributed by atoms with E-state index in [-0.39, 0.29) is 35.0 Å². The zero-order valence-electron chi connectivity index (χ0n) is 17.3. The van der Waals surface area contributed by atoms with E-state index in [4.69, 9.17) is 19.9 Å². The molecule has 4 aliphatic rings. The fourth-order valence-corrected chi connectivity index (χ4v) is 6.54. The second-order valence-corrected chi connectivity index (χ2v) is 9.65. The second-order valence-electron chi connectivity index (χ2n) is 9.65. The molecule has 2 aliphatic carbocycles. The summed E-state index contributed by atoms with van der Waals surface area (Å²) in [5.74, 6) is 0.496. The van der Waals surface area contributed by atoms with Crippen molar-refractivity contribution in [2.75, 3.05) is 39.5 Å². The van der Waals surface area contributed by atoms with E-state index in [9.17, 15) is 9.90 Å². The van der Waals surface area contributed by atoms with Crippen molar-refractivity contribution in [3.05, 3.63) is 0 Å². The number of rotatable bonds is 3. The number of aliphatic hydroxyl groups is 1. The fraction of sp³-hybridized carbons (Fsp3) is 0.952. The lowest BCUT2D eigenvalue weighted by Crippen LogP contribution is -2.63. The number of ether oxygens (including phenoxy) is 3. The van der Waals surface area contributed by atoms with Crippen LogP contribution in [-0.2, 0) is 19.0 Å². The molecule has 4 rings (SSSR count). The lowest BCUT2D eigenvalue weighted by molar-refractivity contribution is -0.305. The molecular formula is C21H36N2O5. The number of aliphatic hydroxyl groups excluding tert-OH is 1. The molecule has 0 radical (unpaired) electrons. The molecule has 2 saturated heterocycles. The largest absolute Gasteiger partial charge is 0.393 e. The highest BCUT2D eigenvalue weighted by molar-refractivity contribution is 5.76. The summed E-state index contributed by atoms with van der Waals surface area (Å²) in [4.78, 5) is 14.9. The van der Waals surface area contributed by atoms with Crippen LogP contribution in [0.1, 0.15) is 46.0 Å². The minimum absolute atomic E-state index is 0.0217. The van der Waals surface area contributed by atoms with Crippen LogP contribution < -0.4 is 5.73 Å². The number of nitrogens with zero attached hydrogens (tertiary/aromatic N) is 1. The van der Waals surface area contributed by atoms with Crippen molar-refractivity contribution < 1.29 is 24.1 Å². The third kappa shape index (κ3) is 3.39. The molecule has 2 aliphatic heterocycles. The van der Waals surface area contributed by atoms with Gasteiger partial charge in [0, 0.05) is 31.5 Å². The van der Waals surface area contributed by atoms with Gasteiger partial charge in [0.05, 0.1) is 32.0 Å². The fourth-order valence-electron chi connectivity index (χ4n) is 6.54. The lowest BCUT2D eigenvalue weighted by atomic mass is 9.46. The van der Waals surface area contributed by atoms with Gasteiger partial charge in [-0.15, -0.1) is 0 Å². The highest BCUT2D eigenvalue weighted by Crippen LogP contribution is 2.62. The number of carbonyl (C=O) groups excluding carboxylic acids is 1. The Bertz CT molecular complexity index is 583. The SMILES string of the molecule is CC12COC(CN)OC1CCC1(C)C(CC(=O)N3CCOCC3)C(O)CCC21. The maximum atomic E-state index is 13.0.